The Morgan fingerprint density at radius 1 is 0.955 bits per heavy atom. The van der Waals surface area contributed by atoms with E-state index in [0.29, 0.717) is 5.11 Å². The first-order valence-corrected chi connectivity index (χ1v) is 7.17. The molecule has 1 amide bonds. The monoisotopic (exact) mass is 310 g/mol. The molecule has 22 heavy (non-hydrogen) atoms. The number of amides is 1. The summed E-state index contributed by atoms with van der Waals surface area (Å²) in [5.74, 6) is -0.214. The molecule has 5 nitrogen and oxygen atoms in total. The Kier molecular flexibility index (Phi) is 3.84. The Hall–Kier alpha value is -2.73. The summed E-state index contributed by atoms with van der Waals surface area (Å²) in [4.78, 5) is 15.6. The number of hydrogen-bond acceptors (Lipinski definition) is 3. The normalized spacial score (nSPS) is 10.4. The van der Waals surface area contributed by atoms with E-state index in [4.69, 9.17) is 12.2 Å². The molecule has 3 rings (SSSR count). The number of hydrazine groups is 1. The van der Waals surface area contributed by atoms with Crippen LogP contribution < -0.4 is 16.2 Å². The average Bonchev–Trinajstić information content (AvgIpc) is 2.52. The van der Waals surface area contributed by atoms with Crippen molar-refractivity contribution in [3.63, 3.8) is 0 Å². The van der Waals surface area contributed by atoms with Crippen molar-refractivity contribution in [2.45, 2.75) is 6.92 Å². The van der Waals surface area contributed by atoms with Gasteiger partial charge in [0.25, 0.3) is 0 Å². The van der Waals surface area contributed by atoms with E-state index in [1.54, 1.807) is 0 Å². The van der Waals surface area contributed by atoms with Crippen LogP contribution in [-0.2, 0) is 4.79 Å². The van der Waals surface area contributed by atoms with Gasteiger partial charge in [-0.05, 0) is 24.4 Å². The zero-order valence-corrected chi connectivity index (χ0v) is 12.7. The van der Waals surface area contributed by atoms with E-state index in [9.17, 15) is 4.79 Å². The second-order valence-corrected chi connectivity index (χ2v) is 5.19. The summed E-state index contributed by atoms with van der Waals surface area (Å²) in [5.41, 5.74) is 7.74. The summed E-state index contributed by atoms with van der Waals surface area (Å²) in [7, 11) is 0. The number of thiocarbonyl (C=S) groups is 1. The fraction of sp³-hybridized carbons (Fsp3) is 0.0625. The van der Waals surface area contributed by atoms with Gasteiger partial charge in [0.05, 0.1) is 16.7 Å². The van der Waals surface area contributed by atoms with Gasteiger partial charge in [-0.15, -0.1) is 0 Å². The van der Waals surface area contributed by atoms with Crippen LogP contribution in [0.15, 0.2) is 48.5 Å². The molecular formula is C16H14N4OS. The number of nitrogens with one attached hydrogen (secondary N) is 3. The minimum atomic E-state index is -0.214. The van der Waals surface area contributed by atoms with Gasteiger partial charge >= 0.3 is 0 Å². The van der Waals surface area contributed by atoms with Crippen molar-refractivity contribution in [1.82, 2.24) is 15.8 Å². The lowest BCUT2D eigenvalue weighted by Crippen LogP contribution is -2.42. The van der Waals surface area contributed by atoms with E-state index in [-0.39, 0.29) is 5.91 Å². The van der Waals surface area contributed by atoms with Crippen molar-refractivity contribution < 1.29 is 4.79 Å². The van der Waals surface area contributed by atoms with Crippen LogP contribution in [0.4, 0.5) is 5.69 Å². The second-order valence-electron chi connectivity index (χ2n) is 4.78. The number of nitrogens with zero attached hydrogens (tertiary/aromatic N) is 1. The molecule has 0 aliphatic rings. The molecule has 0 unspecified atom stereocenters. The SMILES string of the molecule is CC(=O)NNC(=S)Nc1c2ccccc2nc2ccccc12. The third kappa shape index (κ3) is 2.82. The van der Waals surface area contributed by atoms with E-state index in [0.717, 1.165) is 27.5 Å². The van der Waals surface area contributed by atoms with Crippen LogP contribution in [0.1, 0.15) is 6.92 Å². The van der Waals surface area contributed by atoms with E-state index in [1.807, 2.05) is 48.5 Å². The van der Waals surface area contributed by atoms with Crippen molar-refractivity contribution in [2.24, 2.45) is 0 Å². The number of benzene rings is 2. The molecule has 0 saturated heterocycles. The Bertz CT molecular complexity index is 824. The van der Waals surface area contributed by atoms with Gasteiger partial charge in [0.15, 0.2) is 5.11 Å². The molecule has 3 N–H and O–H groups in total. The van der Waals surface area contributed by atoms with Gasteiger partial charge < -0.3 is 5.32 Å². The first kappa shape index (κ1) is 14.2. The van der Waals surface area contributed by atoms with Gasteiger partial charge in [0.2, 0.25) is 5.91 Å². The number of rotatable bonds is 1. The summed E-state index contributed by atoms with van der Waals surface area (Å²) in [6.45, 7) is 1.41. The van der Waals surface area contributed by atoms with Crippen LogP contribution in [0, 0.1) is 0 Å². The lowest BCUT2D eigenvalue weighted by molar-refractivity contribution is -0.119. The van der Waals surface area contributed by atoms with Crippen LogP contribution in [0.2, 0.25) is 0 Å². The van der Waals surface area contributed by atoms with Crippen LogP contribution >= 0.6 is 12.2 Å². The van der Waals surface area contributed by atoms with Gasteiger partial charge in [-0.2, -0.15) is 0 Å². The standard InChI is InChI=1S/C16H14N4OS/c1-10(21)19-20-16(22)18-15-11-6-2-4-8-13(11)17-14-9-5-3-7-12(14)15/h2-9H,1H3,(H,19,21)(H2,17,18,20,22). The molecule has 0 aliphatic carbocycles. The highest BCUT2D eigenvalue weighted by Crippen LogP contribution is 2.30. The zero-order valence-electron chi connectivity index (χ0n) is 11.9. The summed E-state index contributed by atoms with van der Waals surface area (Å²) < 4.78 is 0. The van der Waals surface area contributed by atoms with Crippen molar-refractivity contribution in [3.05, 3.63) is 48.5 Å². The molecule has 0 aliphatic heterocycles. The predicted octanol–water partition coefficient (Wildman–Crippen LogP) is 2.73. The molecule has 0 bridgehead atoms. The average molecular weight is 310 g/mol. The number of aromatic nitrogens is 1. The third-order valence-corrected chi connectivity index (χ3v) is 3.38. The molecule has 1 aromatic heterocycles. The Balaban J connectivity index is 2.08. The van der Waals surface area contributed by atoms with Gasteiger partial charge in [-0.25, -0.2) is 4.98 Å². The number of anilines is 1. The van der Waals surface area contributed by atoms with Gasteiger partial charge in [-0.3, -0.25) is 15.6 Å². The summed E-state index contributed by atoms with van der Waals surface area (Å²) >= 11 is 5.22. The van der Waals surface area contributed by atoms with Gasteiger partial charge in [0.1, 0.15) is 0 Å². The van der Waals surface area contributed by atoms with E-state index in [1.165, 1.54) is 6.92 Å². The Morgan fingerprint density at radius 2 is 1.50 bits per heavy atom. The highest BCUT2D eigenvalue weighted by Gasteiger charge is 2.09. The lowest BCUT2D eigenvalue weighted by Gasteiger charge is -2.14. The molecule has 6 heteroatoms. The molecule has 3 aromatic rings. The molecule has 0 fully saturated rings. The molecule has 0 spiro atoms. The second kappa shape index (κ2) is 5.95. The van der Waals surface area contributed by atoms with Crippen molar-refractivity contribution >= 4 is 50.7 Å². The first-order chi connectivity index (χ1) is 10.6. The largest absolute Gasteiger partial charge is 0.330 e. The summed E-state index contributed by atoms with van der Waals surface area (Å²) in [6, 6.07) is 15.7. The highest BCUT2D eigenvalue weighted by molar-refractivity contribution is 7.80. The number of fused-ring (bicyclic) bond motifs is 2. The Morgan fingerprint density at radius 3 is 2.05 bits per heavy atom. The van der Waals surface area contributed by atoms with Crippen molar-refractivity contribution in [2.75, 3.05) is 5.32 Å². The first-order valence-electron chi connectivity index (χ1n) is 6.76. The van der Waals surface area contributed by atoms with Gasteiger partial charge in [-0.1, -0.05) is 36.4 Å². The molecule has 0 radical (unpaired) electrons. The lowest BCUT2D eigenvalue weighted by atomic mass is 10.1. The fourth-order valence-corrected chi connectivity index (χ4v) is 2.42. The molecule has 0 atom stereocenters. The van der Waals surface area contributed by atoms with Crippen LogP contribution in [0.25, 0.3) is 21.8 Å². The number of pyridine rings is 1. The smallest absolute Gasteiger partial charge is 0.235 e. The molecule has 1 heterocycles. The van der Waals surface area contributed by atoms with Gasteiger partial charge in [0, 0.05) is 17.7 Å². The summed E-state index contributed by atoms with van der Waals surface area (Å²) in [6.07, 6.45) is 0. The quantitative estimate of drug-likeness (QED) is 0.366. The minimum Gasteiger partial charge on any atom is -0.330 e. The number of carbonyl (C=O) groups is 1. The molecule has 0 saturated carbocycles. The van der Waals surface area contributed by atoms with Crippen LogP contribution in [0.5, 0.6) is 0 Å². The molecule has 110 valence electrons. The highest BCUT2D eigenvalue weighted by atomic mass is 32.1. The zero-order chi connectivity index (χ0) is 15.5. The predicted molar refractivity (Wildman–Crippen MR) is 92.4 cm³/mol. The fourth-order valence-electron chi connectivity index (χ4n) is 2.26. The van der Waals surface area contributed by atoms with Crippen molar-refractivity contribution in [1.29, 1.82) is 0 Å². The maximum atomic E-state index is 11.0. The number of para-hydroxylation sites is 2. The number of carbonyl (C=O) groups excluding carboxylic acids is 1. The van der Waals surface area contributed by atoms with E-state index in [2.05, 4.69) is 21.2 Å². The Labute approximate surface area is 132 Å². The molecule has 2 aromatic carbocycles. The minimum absolute atomic E-state index is 0.214. The van der Waals surface area contributed by atoms with Crippen LogP contribution in [-0.4, -0.2) is 16.0 Å². The van der Waals surface area contributed by atoms with E-state index >= 15 is 0 Å². The maximum absolute atomic E-state index is 11.0. The topological polar surface area (TPSA) is 66.1 Å². The van der Waals surface area contributed by atoms with E-state index < -0.39 is 0 Å². The van der Waals surface area contributed by atoms with Crippen LogP contribution in [0.3, 0.4) is 0 Å². The molecular weight excluding hydrogens is 296 g/mol. The third-order valence-electron chi connectivity index (χ3n) is 3.18. The summed E-state index contributed by atoms with van der Waals surface area (Å²) in [5, 5.41) is 5.40. The number of hydrogen-bond donors (Lipinski definition) is 3. The van der Waals surface area contributed by atoms with Crippen molar-refractivity contribution in [3.8, 4) is 0 Å². The maximum Gasteiger partial charge on any atom is 0.235 e.